The third-order valence-corrected chi connectivity index (χ3v) is 3.95. The molecule has 0 aliphatic carbocycles. The number of piperidine rings is 1. The molecule has 2 heterocycles. The maximum absolute atomic E-state index is 12.4. The second-order valence-corrected chi connectivity index (χ2v) is 5.42. The Morgan fingerprint density at radius 3 is 2.40 bits per heavy atom. The summed E-state index contributed by atoms with van der Waals surface area (Å²) < 4.78 is 1.36. The summed E-state index contributed by atoms with van der Waals surface area (Å²) in [6.07, 6.45) is 3.15. The number of hydrogen-bond acceptors (Lipinski definition) is 4. The first-order valence-corrected chi connectivity index (χ1v) is 6.86. The zero-order chi connectivity index (χ0) is 14.9. The quantitative estimate of drug-likeness (QED) is 0.894. The summed E-state index contributed by atoms with van der Waals surface area (Å²) >= 11 is 0. The highest BCUT2D eigenvalue weighted by molar-refractivity contribution is 5.86. The summed E-state index contributed by atoms with van der Waals surface area (Å²) in [5.74, 6) is -1.16. The van der Waals surface area contributed by atoms with E-state index in [-0.39, 0.29) is 30.2 Å². The van der Waals surface area contributed by atoms with E-state index in [1.807, 2.05) is 18.7 Å². The minimum absolute atomic E-state index is 0.0327. The zero-order valence-electron chi connectivity index (χ0n) is 12.0. The highest BCUT2D eigenvalue weighted by Gasteiger charge is 2.29. The number of nitrogens with zero attached hydrogens (tertiary/aromatic N) is 4. The normalized spacial score (nSPS) is 22.9. The summed E-state index contributed by atoms with van der Waals surface area (Å²) in [7, 11) is 0. The number of carbonyl (C=O) groups is 2. The first-order chi connectivity index (χ1) is 9.41. The van der Waals surface area contributed by atoms with Crippen molar-refractivity contribution in [3.63, 3.8) is 0 Å². The molecule has 1 fully saturated rings. The minimum Gasteiger partial charge on any atom is -0.476 e. The lowest BCUT2D eigenvalue weighted by Gasteiger charge is -2.39. The predicted molar refractivity (Wildman–Crippen MR) is 71.3 cm³/mol. The number of rotatable bonds is 3. The summed E-state index contributed by atoms with van der Waals surface area (Å²) in [5.41, 5.74) is 0.306. The summed E-state index contributed by atoms with van der Waals surface area (Å²) in [4.78, 5) is 25.2. The predicted octanol–water partition coefficient (Wildman–Crippen LogP) is 1.07. The van der Waals surface area contributed by atoms with Gasteiger partial charge in [0, 0.05) is 12.1 Å². The van der Waals surface area contributed by atoms with E-state index in [1.54, 1.807) is 6.92 Å². The molecule has 0 saturated carbocycles. The molecule has 2 unspecified atom stereocenters. The second kappa shape index (κ2) is 5.60. The van der Waals surface area contributed by atoms with E-state index < -0.39 is 5.97 Å². The molecule has 1 aliphatic rings. The molecular formula is C13H20N4O3. The smallest absolute Gasteiger partial charge is 0.358 e. The Hall–Kier alpha value is -1.92. The van der Waals surface area contributed by atoms with Gasteiger partial charge in [-0.05, 0) is 40.0 Å². The molecule has 7 heteroatoms. The number of aromatic carboxylic acids is 1. The lowest BCUT2D eigenvalue weighted by atomic mass is 9.97. The van der Waals surface area contributed by atoms with Gasteiger partial charge in [-0.3, -0.25) is 4.79 Å². The SMILES string of the molecule is Cc1c(C(=O)O)nnn1CC(=O)N1C(C)CCCC1C. The van der Waals surface area contributed by atoms with Gasteiger partial charge >= 0.3 is 5.97 Å². The fraction of sp³-hybridized carbons (Fsp3) is 0.692. The van der Waals surface area contributed by atoms with Crippen molar-refractivity contribution >= 4 is 11.9 Å². The number of hydrogen-bond donors (Lipinski definition) is 1. The molecule has 1 N–H and O–H groups in total. The van der Waals surface area contributed by atoms with Crippen molar-refractivity contribution in [3.05, 3.63) is 11.4 Å². The Morgan fingerprint density at radius 1 is 1.30 bits per heavy atom. The van der Waals surface area contributed by atoms with E-state index in [2.05, 4.69) is 10.3 Å². The van der Waals surface area contributed by atoms with Crippen LogP contribution in [0.4, 0.5) is 0 Å². The number of carbonyl (C=O) groups excluding carboxylic acids is 1. The lowest BCUT2D eigenvalue weighted by Crippen LogP contribution is -2.48. The molecular weight excluding hydrogens is 260 g/mol. The highest BCUT2D eigenvalue weighted by atomic mass is 16.4. The number of carboxylic acid groups (broad SMARTS) is 1. The van der Waals surface area contributed by atoms with Gasteiger partial charge in [0.15, 0.2) is 5.69 Å². The van der Waals surface area contributed by atoms with Gasteiger partial charge in [0.2, 0.25) is 5.91 Å². The molecule has 0 aromatic carbocycles. The Labute approximate surface area is 117 Å². The Bertz CT molecular complexity index is 516. The fourth-order valence-corrected chi connectivity index (χ4v) is 2.83. The first-order valence-electron chi connectivity index (χ1n) is 6.86. The molecule has 2 rings (SSSR count). The maximum atomic E-state index is 12.4. The van der Waals surface area contributed by atoms with Crippen molar-refractivity contribution in [3.8, 4) is 0 Å². The largest absolute Gasteiger partial charge is 0.476 e. The Morgan fingerprint density at radius 2 is 1.90 bits per heavy atom. The number of carboxylic acids is 1. The van der Waals surface area contributed by atoms with Crippen LogP contribution >= 0.6 is 0 Å². The van der Waals surface area contributed by atoms with Crippen molar-refractivity contribution in [2.75, 3.05) is 0 Å². The van der Waals surface area contributed by atoms with Crippen molar-refractivity contribution in [1.82, 2.24) is 19.9 Å². The van der Waals surface area contributed by atoms with Crippen LogP contribution in [0.15, 0.2) is 0 Å². The van der Waals surface area contributed by atoms with Crippen molar-refractivity contribution in [2.45, 2.75) is 58.7 Å². The molecule has 110 valence electrons. The number of aromatic nitrogens is 3. The number of likely N-dealkylation sites (tertiary alicyclic amines) is 1. The zero-order valence-corrected chi connectivity index (χ0v) is 12.0. The third-order valence-electron chi connectivity index (χ3n) is 3.95. The van der Waals surface area contributed by atoms with Crippen LogP contribution in [-0.4, -0.2) is 49.0 Å². The fourth-order valence-electron chi connectivity index (χ4n) is 2.83. The van der Waals surface area contributed by atoms with E-state index in [1.165, 1.54) is 4.68 Å². The second-order valence-electron chi connectivity index (χ2n) is 5.42. The molecule has 1 saturated heterocycles. The molecule has 0 spiro atoms. The van der Waals surface area contributed by atoms with Crippen molar-refractivity contribution in [1.29, 1.82) is 0 Å². The van der Waals surface area contributed by atoms with Gasteiger partial charge in [-0.25, -0.2) is 9.48 Å². The monoisotopic (exact) mass is 280 g/mol. The summed E-state index contributed by atoms with van der Waals surface area (Å²) in [5, 5.41) is 16.3. The van der Waals surface area contributed by atoms with Crippen LogP contribution < -0.4 is 0 Å². The van der Waals surface area contributed by atoms with E-state index in [0.717, 1.165) is 19.3 Å². The third kappa shape index (κ3) is 2.66. The lowest BCUT2D eigenvalue weighted by molar-refractivity contribution is -0.138. The van der Waals surface area contributed by atoms with Gasteiger partial charge in [0.1, 0.15) is 6.54 Å². The topological polar surface area (TPSA) is 88.3 Å². The van der Waals surface area contributed by atoms with Crippen molar-refractivity contribution < 1.29 is 14.7 Å². The summed E-state index contributed by atoms with van der Waals surface area (Å²) in [6.45, 7) is 5.75. The molecule has 7 nitrogen and oxygen atoms in total. The van der Waals surface area contributed by atoms with Crippen LogP contribution in [0.5, 0.6) is 0 Å². The van der Waals surface area contributed by atoms with E-state index in [9.17, 15) is 9.59 Å². The molecule has 1 aromatic rings. The maximum Gasteiger partial charge on any atom is 0.358 e. The van der Waals surface area contributed by atoms with E-state index >= 15 is 0 Å². The molecule has 0 bridgehead atoms. The van der Waals surface area contributed by atoms with Gasteiger partial charge in [-0.2, -0.15) is 0 Å². The number of amides is 1. The molecule has 1 aliphatic heterocycles. The summed E-state index contributed by atoms with van der Waals surface area (Å²) in [6, 6.07) is 0.433. The molecule has 0 radical (unpaired) electrons. The highest BCUT2D eigenvalue weighted by Crippen LogP contribution is 2.22. The first kappa shape index (κ1) is 14.5. The van der Waals surface area contributed by atoms with Gasteiger partial charge in [-0.15, -0.1) is 5.10 Å². The van der Waals surface area contributed by atoms with Gasteiger partial charge in [0.05, 0.1) is 5.69 Å². The van der Waals surface area contributed by atoms with Crippen LogP contribution in [-0.2, 0) is 11.3 Å². The van der Waals surface area contributed by atoms with Gasteiger partial charge in [0.25, 0.3) is 0 Å². The molecule has 20 heavy (non-hydrogen) atoms. The Kier molecular flexibility index (Phi) is 4.06. The Balaban J connectivity index is 2.13. The van der Waals surface area contributed by atoms with Crippen LogP contribution in [0.3, 0.4) is 0 Å². The van der Waals surface area contributed by atoms with Crippen LogP contribution in [0, 0.1) is 6.92 Å². The van der Waals surface area contributed by atoms with Gasteiger partial charge < -0.3 is 10.0 Å². The standard InChI is InChI=1S/C13H20N4O3/c1-8-5-4-6-9(2)17(8)11(18)7-16-10(3)12(13(19)20)14-15-16/h8-9H,4-7H2,1-3H3,(H,19,20). The minimum atomic E-state index is -1.12. The molecule has 2 atom stereocenters. The molecule has 1 amide bonds. The average Bonchev–Trinajstić information content (AvgIpc) is 2.71. The molecule has 1 aromatic heterocycles. The van der Waals surface area contributed by atoms with E-state index in [4.69, 9.17) is 5.11 Å². The van der Waals surface area contributed by atoms with Crippen LogP contribution in [0.1, 0.15) is 49.3 Å². The van der Waals surface area contributed by atoms with Gasteiger partial charge in [-0.1, -0.05) is 5.21 Å². The van der Waals surface area contributed by atoms with E-state index in [0.29, 0.717) is 5.69 Å². The van der Waals surface area contributed by atoms with Crippen LogP contribution in [0.25, 0.3) is 0 Å². The van der Waals surface area contributed by atoms with Crippen LogP contribution in [0.2, 0.25) is 0 Å². The average molecular weight is 280 g/mol. The van der Waals surface area contributed by atoms with Crippen molar-refractivity contribution in [2.24, 2.45) is 0 Å².